The Morgan fingerprint density at radius 1 is 1.14 bits per heavy atom. The Labute approximate surface area is 130 Å². The Bertz CT molecular complexity index is 417. The van der Waals surface area contributed by atoms with Crippen LogP contribution in [0.4, 0.5) is 0 Å². The third-order valence-electron chi connectivity index (χ3n) is 4.95. The van der Waals surface area contributed by atoms with Crippen LogP contribution in [0.3, 0.4) is 0 Å². The molecule has 6 heteroatoms. The molecule has 0 aromatic heterocycles. The van der Waals surface area contributed by atoms with E-state index in [1.165, 1.54) is 31.9 Å². The summed E-state index contributed by atoms with van der Waals surface area (Å²) in [7, 11) is -3.03. The van der Waals surface area contributed by atoms with Crippen LogP contribution in [0, 0.1) is 5.92 Å². The molecule has 3 unspecified atom stereocenters. The summed E-state index contributed by atoms with van der Waals surface area (Å²) in [6.07, 6.45) is 6.27. The number of piperazine rings is 1. The van der Waals surface area contributed by atoms with E-state index in [0.29, 0.717) is 25.2 Å². The van der Waals surface area contributed by atoms with Crippen LogP contribution in [0.5, 0.6) is 0 Å². The summed E-state index contributed by atoms with van der Waals surface area (Å²) in [6, 6.07) is 1.15. The molecular weight excluding hydrogens is 286 g/mol. The fourth-order valence-corrected chi connectivity index (χ4v) is 4.52. The van der Waals surface area contributed by atoms with Crippen LogP contribution in [0.1, 0.15) is 39.5 Å². The van der Waals surface area contributed by atoms with Gasteiger partial charge in [-0.2, -0.15) is 4.31 Å². The molecule has 1 heterocycles. The molecule has 2 rings (SSSR count). The van der Waals surface area contributed by atoms with E-state index >= 15 is 0 Å². The maximum atomic E-state index is 11.6. The van der Waals surface area contributed by atoms with E-state index in [9.17, 15) is 8.42 Å². The summed E-state index contributed by atoms with van der Waals surface area (Å²) in [5.41, 5.74) is 0. The summed E-state index contributed by atoms with van der Waals surface area (Å²) in [5, 5.41) is 3.71. The minimum Gasteiger partial charge on any atom is -0.312 e. The van der Waals surface area contributed by atoms with Crippen molar-refractivity contribution in [1.29, 1.82) is 0 Å². The lowest BCUT2D eigenvalue weighted by molar-refractivity contribution is 0.0719. The third-order valence-corrected chi connectivity index (χ3v) is 6.25. The molecule has 1 aliphatic heterocycles. The molecule has 21 heavy (non-hydrogen) atoms. The van der Waals surface area contributed by atoms with Crippen molar-refractivity contribution >= 4 is 10.0 Å². The van der Waals surface area contributed by atoms with Gasteiger partial charge in [0, 0.05) is 38.3 Å². The van der Waals surface area contributed by atoms with Gasteiger partial charge in [-0.05, 0) is 38.1 Å². The van der Waals surface area contributed by atoms with Crippen molar-refractivity contribution in [2.45, 2.75) is 51.6 Å². The molecule has 5 nitrogen and oxygen atoms in total. The minimum atomic E-state index is -3.03. The number of nitrogens with zero attached hydrogens (tertiary/aromatic N) is 2. The maximum Gasteiger partial charge on any atom is 0.211 e. The van der Waals surface area contributed by atoms with Gasteiger partial charge in [0.2, 0.25) is 10.0 Å². The first-order valence-electron chi connectivity index (χ1n) is 8.34. The smallest absolute Gasteiger partial charge is 0.211 e. The van der Waals surface area contributed by atoms with Crippen LogP contribution in [-0.4, -0.2) is 68.7 Å². The lowest BCUT2D eigenvalue weighted by Crippen LogP contribution is -2.58. The molecule has 124 valence electrons. The highest BCUT2D eigenvalue weighted by Crippen LogP contribution is 2.28. The summed E-state index contributed by atoms with van der Waals surface area (Å²) in [5.74, 6) is 0.780. The van der Waals surface area contributed by atoms with Gasteiger partial charge in [0.05, 0.1) is 6.26 Å². The highest BCUT2D eigenvalue weighted by molar-refractivity contribution is 7.88. The van der Waals surface area contributed by atoms with Crippen LogP contribution in [-0.2, 0) is 10.0 Å². The van der Waals surface area contributed by atoms with Crippen LogP contribution < -0.4 is 5.32 Å². The zero-order valence-corrected chi connectivity index (χ0v) is 14.5. The second kappa shape index (κ2) is 7.40. The molecule has 0 radical (unpaired) electrons. The Morgan fingerprint density at radius 3 is 2.38 bits per heavy atom. The highest BCUT2D eigenvalue weighted by Gasteiger charge is 2.35. The van der Waals surface area contributed by atoms with Gasteiger partial charge in [-0.15, -0.1) is 0 Å². The molecule has 2 fully saturated rings. The summed E-state index contributed by atoms with van der Waals surface area (Å²) >= 11 is 0. The second-order valence-corrected chi connectivity index (χ2v) is 8.73. The normalized spacial score (nSPS) is 33.2. The summed E-state index contributed by atoms with van der Waals surface area (Å²) < 4.78 is 24.9. The summed E-state index contributed by atoms with van der Waals surface area (Å²) in [6.45, 7) is 8.66. The molecule has 1 saturated carbocycles. The molecule has 1 aliphatic carbocycles. The fraction of sp³-hybridized carbons (Fsp3) is 1.00. The molecule has 1 saturated heterocycles. The Hall–Kier alpha value is -0.170. The number of hydrogen-bond donors (Lipinski definition) is 1. The van der Waals surface area contributed by atoms with Crippen molar-refractivity contribution in [3.8, 4) is 0 Å². The first kappa shape index (κ1) is 17.2. The molecular formula is C15H31N3O2S. The Balaban J connectivity index is 1.95. The summed E-state index contributed by atoms with van der Waals surface area (Å²) in [4.78, 5) is 2.52. The van der Waals surface area contributed by atoms with Crippen molar-refractivity contribution in [1.82, 2.24) is 14.5 Å². The number of nitrogens with one attached hydrogen (secondary N) is 1. The fourth-order valence-electron chi connectivity index (χ4n) is 3.69. The Kier molecular flexibility index (Phi) is 6.05. The van der Waals surface area contributed by atoms with Gasteiger partial charge in [0.1, 0.15) is 0 Å². The van der Waals surface area contributed by atoms with Gasteiger partial charge in [-0.1, -0.05) is 13.8 Å². The first-order valence-corrected chi connectivity index (χ1v) is 10.2. The van der Waals surface area contributed by atoms with Crippen molar-refractivity contribution in [3.05, 3.63) is 0 Å². The average molecular weight is 317 g/mol. The van der Waals surface area contributed by atoms with E-state index in [1.54, 1.807) is 4.31 Å². The number of hydrogen-bond acceptors (Lipinski definition) is 4. The van der Waals surface area contributed by atoms with E-state index in [4.69, 9.17) is 0 Å². The number of sulfonamides is 1. The molecule has 3 atom stereocenters. The van der Waals surface area contributed by atoms with Crippen molar-refractivity contribution in [2.24, 2.45) is 5.92 Å². The molecule has 0 amide bonds. The minimum absolute atomic E-state index is 0.571. The highest BCUT2D eigenvalue weighted by atomic mass is 32.2. The van der Waals surface area contributed by atoms with Crippen molar-refractivity contribution in [2.75, 3.05) is 39.0 Å². The molecule has 0 spiro atoms. The molecule has 2 aliphatic rings. The number of rotatable bonds is 5. The van der Waals surface area contributed by atoms with Gasteiger partial charge < -0.3 is 5.32 Å². The molecule has 0 bridgehead atoms. The SMILES string of the molecule is CCCNC1CCC(C)CC1N1CCN(S(C)(=O)=O)CC1. The monoisotopic (exact) mass is 317 g/mol. The van der Waals surface area contributed by atoms with Crippen LogP contribution in [0.25, 0.3) is 0 Å². The van der Waals surface area contributed by atoms with Gasteiger partial charge in [-0.3, -0.25) is 4.90 Å². The first-order chi connectivity index (χ1) is 9.91. The standard InChI is InChI=1S/C15H31N3O2S/c1-4-7-16-14-6-5-13(2)12-15(14)17-8-10-18(11-9-17)21(3,19)20/h13-16H,4-12H2,1-3H3. The van der Waals surface area contributed by atoms with E-state index in [2.05, 4.69) is 24.1 Å². The van der Waals surface area contributed by atoms with Gasteiger partial charge in [-0.25, -0.2) is 8.42 Å². The lowest BCUT2D eigenvalue weighted by Gasteiger charge is -2.45. The van der Waals surface area contributed by atoms with Gasteiger partial charge in [0.25, 0.3) is 0 Å². The predicted molar refractivity (Wildman–Crippen MR) is 86.9 cm³/mol. The van der Waals surface area contributed by atoms with E-state index in [-0.39, 0.29) is 0 Å². The van der Waals surface area contributed by atoms with Crippen LogP contribution >= 0.6 is 0 Å². The zero-order valence-electron chi connectivity index (χ0n) is 13.7. The largest absolute Gasteiger partial charge is 0.312 e. The molecule has 0 aromatic carbocycles. The topological polar surface area (TPSA) is 52.6 Å². The Morgan fingerprint density at radius 2 is 1.81 bits per heavy atom. The van der Waals surface area contributed by atoms with E-state index in [0.717, 1.165) is 25.6 Å². The van der Waals surface area contributed by atoms with E-state index < -0.39 is 10.0 Å². The maximum absolute atomic E-state index is 11.6. The van der Waals surface area contributed by atoms with Crippen molar-refractivity contribution in [3.63, 3.8) is 0 Å². The third kappa shape index (κ3) is 4.65. The van der Waals surface area contributed by atoms with Crippen LogP contribution in [0.15, 0.2) is 0 Å². The van der Waals surface area contributed by atoms with Crippen LogP contribution in [0.2, 0.25) is 0 Å². The lowest BCUT2D eigenvalue weighted by atomic mass is 9.82. The molecule has 1 N–H and O–H groups in total. The van der Waals surface area contributed by atoms with Gasteiger partial charge >= 0.3 is 0 Å². The second-order valence-electron chi connectivity index (χ2n) is 6.74. The van der Waals surface area contributed by atoms with Gasteiger partial charge in [0.15, 0.2) is 0 Å². The zero-order chi connectivity index (χ0) is 15.5. The van der Waals surface area contributed by atoms with Crippen molar-refractivity contribution < 1.29 is 8.42 Å². The predicted octanol–water partition coefficient (Wildman–Crippen LogP) is 1.12. The van der Waals surface area contributed by atoms with E-state index in [1.807, 2.05) is 0 Å². The average Bonchev–Trinajstić information content (AvgIpc) is 2.45. The molecule has 0 aromatic rings. The quantitative estimate of drug-likeness (QED) is 0.826.